The molecule has 2 saturated heterocycles. The Kier molecular flexibility index (Phi) is 7.69. The van der Waals surface area contributed by atoms with Crippen LogP contribution in [0.15, 0.2) is 48.8 Å². The van der Waals surface area contributed by atoms with E-state index in [1.807, 2.05) is 60.7 Å². The summed E-state index contributed by atoms with van der Waals surface area (Å²) in [5.74, 6) is 1.72. The Morgan fingerprint density at radius 3 is 2.07 bits per heavy atom. The molecular weight excluding hydrogens is 520 g/mol. The molecule has 0 spiro atoms. The van der Waals surface area contributed by atoms with Crippen molar-refractivity contribution in [2.24, 2.45) is 5.92 Å². The molecule has 0 aromatic carbocycles. The van der Waals surface area contributed by atoms with Gasteiger partial charge in [-0.15, -0.1) is 0 Å². The molecule has 0 saturated carbocycles. The van der Waals surface area contributed by atoms with Gasteiger partial charge >= 0.3 is 0 Å². The van der Waals surface area contributed by atoms with Crippen LogP contribution in [0.2, 0.25) is 0 Å². The number of anilines is 2. The van der Waals surface area contributed by atoms with Crippen LogP contribution in [-0.2, 0) is 4.79 Å². The van der Waals surface area contributed by atoms with E-state index in [0.717, 1.165) is 79.0 Å². The number of amides is 1. The Hall–Kier alpha value is -4.25. The molecule has 2 unspecified atom stereocenters. The van der Waals surface area contributed by atoms with Gasteiger partial charge in [-0.3, -0.25) is 14.8 Å². The van der Waals surface area contributed by atoms with Crippen molar-refractivity contribution in [2.75, 3.05) is 70.3 Å². The maximum atomic E-state index is 13.1. The molecule has 4 aromatic heterocycles. The van der Waals surface area contributed by atoms with Crippen LogP contribution in [0.1, 0.15) is 12.8 Å². The standard InChI is InChI=1S/C30H36N8O3/c1-36(21-11-15-38(19-21)25-9-13-33-23-5-7-27(41-3)35-30(23)25)28(39)17-31-16-20-10-14-37(18-20)24-8-12-32-22-4-6-26(40-2)34-29(22)24/h4-9,12-13,20-21,31H,10-11,14-19H2,1-3H3. The van der Waals surface area contributed by atoms with E-state index < -0.39 is 0 Å². The second kappa shape index (κ2) is 11.7. The third-order valence-corrected chi connectivity index (χ3v) is 8.27. The number of rotatable bonds is 9. The normalized spacial score (nSPS) is 18.8. The number of aromatic nitrogens is 4. The van der Waals surface area contributed by atoms with E-state index in [4.69, 9.17) is 9.47 Å². The lowest BCUT2D eigenvalue weighted by molar-refractivity contribution is -0.130. The van der Waals surface area contributed by atoms with Gasteiger partial charge in [0.25, 0.3) is 0 Å². The van der Waals surface area contributed by atoms with Crippen LogP contribution in [0.25, 0.3) is 22.1 Å². The van der Waals surface area contributed by atoms with Gasteiger partial charge in [0.1, 0.15) is 11.0 Å². The summed E-state index contributed by atoms with van der Waals surface area (Å²) in [5.41, 5.74) is 5.47. The molecule has 6 rings (SSSR count). The zero-order chi connectivity index (χ0) is 28.3. The average Bonchev–Trinajstić information content (AvgIpc) is 3.70. The molecule has 11 nitrogen and oxygen atoms in total. The molecular formula is C30H36N8O3. The van der Waals surface area contributed by atoms with Crippen molar-refractivity contribution in [3.05, 3.63) is 48.8 Å². The predicted molar refractivity (Wildman–Crippen MR) is 159 cm³/mol. The minimum Gasteiger partial charge on any atom is -0.481 e. The number of ether oxygens (including phenoxy) is 2. The van der Waals surface area contributed by atoms with Gasteiger partial charge in [0.05, 0.1) is 49.2 Å². The van der Waals surface area contributed by atoms with E-state index in [9.17, 15) is 4.79 Å². The van der Waals surface area contributed by atoms with Crippen molar-refractivity contribution in [1.82, 2.24) is 30.2 Å². The van der Waals surface area contributed by atoms with Crippen molar-refractivity contribution in [1.29, 1.82) is 0 Å². The number of carbonyl (C=O) groups is 1. The highest BCUT2D eigenvalue weighted by atomic mass is 16.5. The first-order valence-electron chi connectivity index (χ1n) is 14.1. The second-order valence-corrected chi connectivity index (χ2v) is 10.7. The number of fused-ring (bicyclic) bond motifs is 2. The minimum atomic E-state index is 0.113. The van der Waals surface area contributed by atoms with E-state index in [-0.39, 0.29) is 11.9 Å². The number of hydrogen-bond donors (Lipinski definition) is 1. The van der Waals surface area contributed by atoms with Gasteiger partial charge in [0.15, 0.2) is 0 Å². The third-order valence-electron chi connectivity index (χ3n) is 8.27. The Bertz CT molecular complexity index is 1550. The fraction of sp³-hybridized carbons (Fsp3) is 0.433. The monoisotopic (exact) mass is 556 g/mol. The summed E-state index contributed by atoms with van der Waals surface area (Å²) in [4.78, 5) is 37.8. The van der Waals surface area contributed by atoms with Gasteiger partial charge in [-0.25, -0.2) is 9.97 Å². The zero-order valence-corrected chi connectivity index (χ0v) is 23.8. The van der Waals surface area contributed by atoms with Crippen LogP contribution in [0.4, 0.5) is 11.4 Å². The first kappa shape index (κ1) is 26.9. The van der Waals surface area contributed by atoms with Gasteiger partial charge in [0, 0.05) is 64.3 Å². The number of likely N-dealkylation sites (N-methyl/N-ethyl adjacent to an activating group) is 1. The van der Waals surface area contributed by atoms with E-state index in [1.54, 1.807) is 14.2 Å². The number of carbonyl (C=O) groups excluding carboxylic acids is 1. The quantitative estimate of drug-likeness (QED) is 0.331. The smallest absolute Gasteiger partial charge is 0.236 e. The summed E-state index contributed by atoms with van der Waals surface area (Å²) in [6.45, 7) is 4.60. The average molecular weight is 557 g/mol. The molecule has 6 heterocycles. The van der Waals surface area contributed by atoms with Gasteiger partial charge in [0.2, 0.25) is 17.7 Å². The third kappa shape index (κ3) is 5.54. The summed E-state index contributed by atoms with van der Waals surface area (Å²) in [6.07, 6.45) is 5.61. The molecule has 4 aromatic rings. The van der Waals surface area contributed by atoms with Crippen molar-refractivity contribution >= 4 is 39.3 Å². The van der Waals surface area contributed by atoms with E-state index in [0.29, 0.717) is 24.2 Å². The fourth-order valence-corrected chi connectivity index (χ4v) is 5.93. The molecule has 1 N–H and O–H groups in total. The van der Waals surface area contributed by atoms with Crippen molar-refractivity contribution in [2.45, 2.75) is 18.9 Å². The molecule has 0 bridgehead atoms. The number of nitrogens with one attached hydrogen (secondary N) is 1. The summed E-state index contributed by atoms with van der Waals surface area (Å²) >= 11 is 0. The lowest BCUT2D eigenvalue weighted by atomic mass is 10.1. The molecule has 0 radical (unpaired) electrons. The highest BCUT2D eigenvalue weighted by Gasteiger charge is 2.30. The largest absolute Gasteiger partial charge is 0.481 e. The Balaban J connectivity index is 1.01. The van der Waals surface area contributed by atoms with Gasteiger partial charge in [-0.2, -0.15) is 0 Å². The molecule has 1 amide bonds. The van der Waals surface area contributed by atoms with Crippen LogP contribution in [0.3, 0.4) is 0 Å². The summed E-state index contributed by atoms with van der Waals surface area (Å²) in [5, 5.41) is 3.43. The summed E-state index contributed by atoms with van der Waals surface area (Å²) in [7, 11) is 5.16. The number of hydrogen-bond acceptors (Lipinski definition) is 10. The van der Waals surface area contributed by atoms with E-state index in [2.05, 4.69) is 35.1 Å². The Morgan fingerprint density at radius 1 is 0.878 bits per heavy atom. The van der Waals surface area contributed by atoms with Gasteiger partial charge in [-0.05, 0) is 43.0 Å². The molecule has 11 heteroatoms. The summed E-state index contributed by atoms with van der Waals surface area (Å²) < 4.78 is 10.7. The lowest BCUT2D eigenvalue weighted by Crippen LogP contribution is -2.44. The maximum Gasteiger partial charge on any atom is 0.236 e. The van der Waals surface area contributed by atoms with Crippen LogP contribution in [0, 0.1) is 5.92 Å². The molecule has 41 heavy (non-hydrogen) atoms. The first-order chi connectivity index (χ1) is 20.0. The zero-order valence-electron chi connectivity index (χ0n) is 23.8. The Morgan fingerprint density at radius 2 is 1.46 bits per heavy atom. The molecule has 2 aliphatic rings. The molecule has 214 valence electrons. The van der Waals surface area contributed by atoms with Crippen LogP contribution < -0.4 is 24.6 Å². The van der Waals surface area contributed by atoms with Crippen molar-refractivity contribution < 1.29 is 14.3 Å². The number of methoxy groups -OCH3 is 2. The highest BCUT2D eigenvalue weighted by molar-refractivity contribution is 5.89. The SMILES string of the molecule is COc1ccc2nccc(N3CCC(CNCC(=O)N(C)C4CCN(c5ccnc6ccc(OC)nc56)C4)C3)c2n1. The van der Waals surface area contributed by atoms with Crippen LogP contribution in [0.5, 0.6) is 11.8 Å². The van der Waals surface area contributed by atoms with Gasteiger partial charge in [-0.1, -0.05) is 0 Å². The van der Waals surface area contributed by atoms with E-state index in [1.165, 1.54) is 0 Å². The fourth-order valence-electron chi connectivity index (χ4n) is 5.93. The predicted octanol–water partition coefficient (Wildman–Crippen LogP) is 2.74. The van der Waals surface area contributed by atoms with Crippen LogP contribution >= 0.6 is 0 Å². The second-order valence-electron chi connectivity index (χ2n) is 10.7. The van der Waals surface area contributed by atoms with E-state index >= 15 is 0 Å². The van der Waals surface area contributed by atoms with Gasteiger partial charge < -0.3 is 29.5 Å². The maximum absolute atomic E-state index is 13.1. The van der Waals surface area contributed by atoms with Crippen molar-refractivity contribution in [3.63, 3.8) is 0 Å². The lowest BCUT2D eigenvalue weighted by Gasteiger charge is -2.26. The number of nitrogens with zero attached hydrogens (tertiary/aromatic N) is 7. The van der Waals surface area contributed by atoms with Crippen molar-refractivity contribution in [3.8, 4) is 11.8 Å². The molecule has 2 atom stereocenters. The molecule has 2 aliphatic heterocycles. The summed E-state index contributed by atoms with van der Waals surface area (Å²) in [6, 6.07) is 11.7. The van der Waals surface area contributed by atoms with Crippen LogP contribution in [-0.4, -0.2) is 97.3 Å². The molecule has 2 fully saturated rings. The highest BCUT2D eigenvalue weighted by Crippen LogP contribution is 2.31. The molecule has 0 aliphatic carbocycles. The topological polar surface area (TPSA) is 109 Å². The number of pyridine rings is 4. The minimum absolute atomic E-state index is 0.113. The first-order valence-corrected chi connectivity index (χ1v) is 14.1. The Labute approximate surface area is 239 Å².